The Hall–Kier alpha value is -1.32. The normalized spacial score (nSPS) is 10.2. The lowest BCUT2D eigenvalue weighted by Gasteiger charge is -2.09. The maximum absolute atomic E-state index is 5.08. The van der Waals surface area contributed by atoms with Gasteiger partial charge >= 0.3 is 0 Å². The van der Waals surface area contributed by atoms with Crippen LogP contribution in [-0.4, -0.2) is 24.2 Å². The van der Waals surface area contributed by atoms with Gasteiger partial charge in [0, 0.05) is 5.92 Å². The van der Waals surface area contributed by atoms with Crippen molar-refractivity contribution in [2.45, 2.75) is 19.8 Å². The van der Waals surface area contributed by atoms with Gasteiger partial charge in [-0.2, -0.15) is 0 Å². The van der Waals surface area contributed by atoms with Crippen LogP contribution in [0.15, 0.2) is 6.20 Å². The zero-order valence-corrected chi connectivity index (χ0v) is 8.37. The average Bonchev–Trinajstić information content (AvgIpc) is 2.16. The summed E-state index contributed by atoms with van der Waals surface area (Å²) in [5.41, 5.74) is 0.821. The Bertz CT molecular complexity index is 287. The minimum atomic E-state index is 0.276. The van der Waals surface area contributed by atoms with Gasteiger partial charge in [0.05, 0.1) is 20.4 Å². The van der Waals surface area contributed by atoms with Gasteiger partial charge in [-0.3, -0.25) is 0 Å². The fraction of sp³-hybridized carbons (Fsp3) is 0.556. The fourth-order valence-corrected chi connectivity index (χ4v) is 1.01. The Kier molecular flexibility index (Phi) is 3.06. The van der Waals surface area contributed by atoms with Crippen molar-refractivity contribution in [2.24, 2.45) is 0 Å². The Labute approximate surface area is 77.9 Å². The standard InChI is InChI=1S/C9H14N2O2/c1-6(2)8-9(13-4)10-5-7(11-8)12-3/h5-6H,1-4H3. The Morgan fingerprint density at radius 3 is 2.38 bits per heavy atom. The van der Waals surface area contributed by atoms with E-state index in [1.807, 2.05) is 13.8 Å². The minimum Gasteiger partial charge on any atom is -0.480 e. The molecule has 0 aliphatic heterocycles. The van der Waals surface area contributed by atoms with Crippen LogP contribution in [0.1, 0.15) is 25.5 Å². The predicted molar refractivity (Wildman–Crippen MR) is 49.2 cm³/mol. The van der Waals surface area contributed by atoms with Crippen LogP contribution in [0.2, 0.25) is 0 Å². The van der Waals surface area contributed by atoms with Gasteiger partial charge in [-0.1, -0.05) is 13.8 Å². The largest absolute Gasteiger partial charge is 0.480 e. The number of ether oxygens (including phenoxy) is 2. The first kappa shape index (κ1) is 9.77. The van der Waals surface area contributed by atoms with Crippen molar-refractivity contribution < 1.29 is 9.47 Å². The molecule has 0 radical (unpaired) electrons. The Morgan fingerprint density at radius 2 is 1.92 bits per heavy atom. The highest BCUT2D eigenvalue weighted by molar-refractivity contribution is 5.24. The van der Waals surface area contributed by atoms with Crippen LogP contribution in [0.3, 0.4) is 0 Å². The summed E-state index contributed by atoms with van der Waals surface area (Å²) in [4.78, 5) is 8.33. The fourth-order valence-electron chi connectivity index (χ4n) is 1.01. The summed E-state index contributed by atoms with van der Waals surface area (Å²) in [6, 6.07) is 0. The molecule has 0 fully saturated rings. The van der Waals surface area contributed by atoms with Crippen LogP contribution in [0.4, 0.5) is 0 Å². The van der Waals surface area contributed by atoms with E-state index in [4.69, 9.17) is 9.47 Å². The number of hydrogen-bond donors (Lipinski definition) is 0. The van der Waals surface area contributed by atoms with E-state index in [0.717, 1.165) is 5.69 Å². The molecule has 1 heterocycles. The van der Waals surface area contributed by atoms with Crippen LogP contribution < -0.4 is 9.47 Å². The second kappa shape index (κ2) is 4.07. The van der Waals surface area contributed by atoms with E-state index >= 15 is 0 Å². The molecule has 0 aliphatic carbocycles. The van der Waals surface area contributed by atoms with Gasteiger partial charge in [-0.15, -0.1) is 0 Å². The zero-order chi connectivity index (χ0) is 9.84. The van der Waals surface area contributed by atoms with Gasteiger partial charge in [0.25, 0.3) is 0 Å². The number of methoxy groups -OCH3 is 2. The molecule has 0 spiro atoms. The summed E-state index contributed by atoms with van der Waals surface area (Å²) < 4.78 is 10.1. The van der Waals surface area contributed by atoms with Crippen molar-refractivity contribution in [1.82, 2.24) is 9.97 Å². The maximum atomic E-state index is 5.08. The topological polar surface area (TPSA) is 44.2 Å². The van der Waals surface area contributed by atoms with E-state index < -0.39 is 0 Å². The van der Waals surface area contributed by atoms with Gasteiger partial charge in [0.2, 0.25) is 11.8 Å². The molecule has 1 aromatic rings. The lowest BCUT2D eigenvalue weighted by molar-refractivity contribution is 0.365. The smallest absolute Gasteiger partial charge is 0.235 e. The summed E-state index contributed by atoms with van der Waals surface area (Å²) in [7, 11) is 3.16. The molecule has 0 aliphatic rings. The summed E-state index contributed by atoms with van der Waals surface area (Å²) in [6.45, 7) is 4.07. The average molecular weight is 182 g/mol. The molecule has 4 nitrogen and oxygen atoms in total. The van der Waals surface area contributed by atoms with Gasteiger partial charge < -0.3 is 9.47 Å². The number of rotatable bonds is 3. The molecule has 4 heteroatoms. The van der Waals surface area contributed by atoms with Crippen molar-refractivity contribution in [3.63, 3.8) is 0 Å². The molecule has 0 saturated heterocycles. The van der Waals surface area contributed by atoms with E-state index in [1.165, 1.54) is 0 Å². The van der Waals surface area contributed by atoms with Crippen molar-refractivity contribution in [1.29, 1.82) is 0 Å². The highest BCUT2D eigenvalue weighted by Gasteiger charge is 2.11. The second-order valence-electron chi connectivity index (χ2n) is 2.96. The van der Waals surface area contributed by atoms with Crippen LogP contribution in [0.5, 0.6) is 11.8 Å². The lowest BCUT2D eigenvalue weighted by Crippen LogP contribution is -2.02. The number of hydrogen-bond acceptors (Lipinski definition) is 4. The van der Waals surface area contributed by atoms with Crippen molar-refractivity contribution in [2.75, 3.05) is 14.2 Å². The molecule has 0 amide bonds. The third kappa shape index (κ3) is 2.08. The summed E-state index contributed by atoms with van der Waals surface area (Å²) in [5.74, 6) is 1.36. The molecule has 0 bridgehead atoms. The SMILES string of the molecule is COc1cnc(OC)c(C(C)C)n1. The maximum Gasteiger partial charge on any atom is 0.235 e. The van der Waals surface area contributed by atoms with Gasteiger partial charge in [0.15, 0.2) is 0 Å². The van der Waals surface area contributed by atoms with Crippen molar-refractivity contribution in [3.05, 3.63) is 11.9 Å². The van der Waals surface area contributed by atoms with E-state index in [-0.39, 0.29) is 5.92 Å². The first-order chi connectivity index (χ1) is 6.19. The van der Waals surface area contributed by atoms with Gasteiger partial charge in [-0.25, -0.2) is 9.97 Å². The number of nitrogens with zero attached hydrogens (tertiary/aromatic N) is 2. The summed E-state index contributed by atoms with van der Waals surface area (Å²) in [6.07, 6.45) is 1.55. The number of aromatic nitrogens is 2. The Morgan fingerprint density at radius 1 is 1.23 bits per heavy atom. The molecule has 1 rings (SSSR count). The Balaban J connectivity index is 3.10. The first-order valence-corrected chi connectivity index (χ1v) is 4.14. The monoisotopic (exact) mass is 182 g/mol. The van der Waals surface area contributed by atoms with Gasteiger partial charge in [0.1, 0.15) is 5.69 Å². The van der Waals surface area contributed by atoms with Crippen LogP contribution in [-0.2, 0) is 0 Å². The molecule has 13 heavy (non-hydrogen) atoms. The highest BCUT2D eigenvalue weighted by Crippen LogP contribution is 2.23. The molecule has 0 atom stereocenters. The third-order valence-electron chi connectivity index (χ3n) is 1.69. The third-order valence-corrected chi connectivity index (χ3v) is 1.69. The predicted octanol–water partition coefficient (Wildman–Crippen LogP) is 1.62. The summed E-state index contributed by atoms with van der Waals surface area (Å²) in [5, 5.41) is 0. The molecule has 0 unspecified atom stereocenters. The van der Waals surface area contributed by atoms with E-state index in [9.17, 15) is 0 Å². The van der Waals surface area contributed by atoms with Crippen molar-refractivity contribution in [3.8, 4) is 11.8 Å². The zero-order valence-electron chi connectivity index (χ0n) is 8.37. The molecule has 0 aromatic carbocycles. The van der Waals surface area contributed by atoms with Crippen molar-refractivity contribution >= 4 is 0 Å². The first-order valence-electron chi connectivity index (χ1n) is 4.14. The molecule has 72 valence electrons. The van der Waals surface area contributed by atoms with Crippen LogP contribution >= 0.6 is 0 Å². The van der Waals surface area contributed by atoms with E-state index in [0.29, 0.717) is 11.8 Å². The quantitative estimate of drug-likeness (QED) is 0.712. The molecule has 0 N–H and O–H groups in total. The van der Waals surface area contributed by atoms with Crippen LogP contribution in [0.25, 0.3) is 0 Å². The van der Waals surface area contributed by atoms with E-state index in [2.05, 4.69) is 9.97 Å². The molecular formula is C9H14N2O2. The minimum absolute atomic E-state index is 0.276. The van der Waals surface area contributed by atoms with Gasteiger partial charge in [-0.05, 0) is 0 Å². The highest BCUT2D eigenvalue weighted by atomic mass is 16.5. The van der Waals surface area contributed by atoms with Crippen LogP contribution in [0, 0.1) is 0 Å². The second-order valence-corrected chi connectivity index (χ2v) is 2.96. The summed E-state index contributed by atoms with van der Waals surface area (Å²) >= 11 is 0. The molecule has 1 aromatic heterocycles. The molecule has 0 saturated carbocycles. The van der Waals surface area contributed by atoms with E-state index in [1.54, 1.807) is 20.4 Å². The lowest BCUT2D eigenvalue weighted by atomic mass is 10.1. The molecular weight excluding hydrogens is 168 g/mol.